The van der Waals surface area contributed by atoms with Crippen molar-refractivity contribution < 1.29 is 14.3 Å². The molecule has 0 aromatic heterocycles. The Morgan fingerprint density at radius 1 is 1.04 bits per heavy atom. The number of benzene rings is 2. The van der Waals surface area contributed by atoms with E-state index in [1.807, 2.05) is 37.3 Å². The molecule has 128 valence electrons. The van der Waals surface area contributed by atoms with E-state index >= 15 is 0 Å². The molecule has 0 heterocycles. The van der Waals surface area contributed by atoms with Crippen LogP contribution in [-0.4, -0.2) is 23.8 Å². The van der Waals surface area contributed by atoms with Crippen LogP contribution in [0.1, 0.15) is 36.9 Å². The fraction of sp³-hybridized carbons (Fsp3) is 0.316. The molecule has 0 saturated heterocycles. The Morgan fingerprint density at radius 3 is 2.25 bits per heavy atom. The summed E-state index contributed by atoms with van der Waals surface area (Å²) in [4.78, 5) is 12.3. The zero-order chi connectivity index (χ0) is 17.4. The van der Waals surface area contributed by atoms with Crippen LogP contribution >= 0.6 is 0 Å². The van der Waals surface area contributed by atoms with Crippen molar-refractivity contribution in [3.8, 4) is 0 Å². The zero-order valence-corrected chi connectivity index (χ0v) is 13.7. The molecule has 0 aliphatic heterocycles. The summed E-state index contributed by atoms with van der Waals surface area (Å²) < 4.78 is 13.2. The lowest BCUT2D eigenvalue weighted by Gasteiger charge is -2.22. The van der Waals surface area contributed by atoms with Gasteiger partial charge in [-0.3, -0.25) is 0 Å². The third-order valence-corrected chi connectivity index (χ3v) is 3.92. The molecule has 0 aliphatic rings. The van der Waals surface area contributed by atoms with Crippen molar-refractivity contribution in [1.82, 2.24) is 10.6 Å². The quantitative estimate of drug-likeness (QED) is 0.729. The first-order valence-corrected chi connectivity index (χ1v) is 8.12. The van der Waals surface area contributed by atoms with Gasteiger partial charge in [0.25, 0.3) is 0 Å². The van der Waals surface area contributed by atoms with E-state index in [4.69, 9.17) is 5.11 Å². The van der Waals surface area contributed by atoms with Crippen LogP contribution in [0.25, 0.3) is 0 Å². The number of amides is 2. The van der Waals surface area contributed by atoms with Crippen molar-refractivity contribution in [1.29, 1.82) is 0 Å². The Morgan fingerprint density at radius 2 is 1.67 bits per heavy atom. The van der Waals surface area contributed by atoms with Gasteiger partial charge in [0.1, 0.15) is 5.82 Å². The second kappa shape index (κ2) is 9.03. The van der Waals surface area contributed by atoms with Crippen LogP contribution in [0.15, 0.2) is 54.6 Å². The first-order valence-electron chi connectivity index (χ1n) is 8.12. The molecular formula is C19H23FN2O2. The average Bonchev–Trinajstić information content (AvgIpc) is 2.61. The Labute approximate surface area is 141 Å². The van der Waals surface area contributed by atoms with Gasteiger partial charge in [-0.05, 0) is 36.1 Å². The van der Waals surface area contributed by atoms with E-state index in [1.54, 1.807) is 12.1 Å². The van der Waals surface area contributed by atoms with E-state index in [0.29, 0.717) is 6.42 Å². The van der Waals surface area contributed by atoms with Gasteiger partial charge in [-0.15, -0.1) is 0 Å². The maximum atomic E-state index is 13.2. The lowest BCUT2D eigenvalue weighted by molar-refractivity contribution is 0.226. The smallest absolute Gasteiger partial charge is 0.315 e. The highest BCUT2D eigenvalue weighted by Gasteiger charge is 2.18. The predicted octanol–water partition coefficient (Wildman–Crippen LogP) is 3.38. The monoisotopic (exact) mass is 330 g/mol. The molecule has 2 aromatic carbocycles. The van der Waals surface area contributed by atoms with Crippen LogP contribution in [0, 0.1) is 5.82 Å². The Balaban J connectivity index is 2.17. The van der Waals surface area contributed by atoms with Crippen molar-refractivity contribution in [2.75, 3.05) is 6.61 Å². The number of carbonyl (C=O) groups excluding carboxylic acids is 1. The van der Waals surface area contributed by atoms with Gasteiger partial charge in [-0.25, -0.2) is 9.18 Å². The minimum atomic E-state index is -0.376. The van der Waals surface area contributed by atoms with Gasteiger partial charge in [0.15, 0.2) is 0 Å². The summed E-state index contributed by atoms with van der Waals surface area (Å²) in [5.74, 6) is -0.316. The highest BCUT2D eigenvalue weighted by molar-refractivity contribution is 5.75. The molecule has 2 rings (SSSR count). The predicted molar refractivity (Wildman–Crippen MR) is 92.1 cm³/mol. The van der Waals surface area contributed by atoms with Crippen LogP contribution in [0.2, 0.25) is 0 Å². The molecule has 0 saturated carbocycles. The summed E-state index contributed by atoms with van der Waals surface area (Å²) in [7, 11) is 0. The summed E-state index contributed by atoms with van der Waals surface area (Å²) in [5, 5.41) is 14.8. The van der Waals surface area contributed by atoms with Crippen LogP contribution in [0.5, 0.6) is 0 Å². The minimum absolute atomic E-state index is 0.0266. The number of urea groups is 1. The van der Waals surface area contributed by atoms with Gasteiger partial charge in [-0.2, -0.15) is 0 Å². The molecule has 24 heavy (non-hydrogen) atoms. The molecule has 2 aromatic rings. The number of hydrogen-bond acceptors (Lipinski definition) is 2. The molecule has 5 heteroatoms. The molecule has 0 bridgehead atoms. The fourth-order valence-electron chi connectivity index (χ4n) is 2.55. The highest BCUT2D eigenvalue weighted by Crippen LogP contribution is 2.22. The molecule has 0 radical (unpaired) electrons. The van der Waals surface area contributed by atoms with Gasteiger partial charge in [-0.1, -0.05) is 49.4 Å². The number of aliphatic hydroxyl groups excluding tert-OH is 1. The number of rotatable bonds is 7. The van der Waals surface area contributed by atoms with Crippen LogP contribution in [-0.2, 0) is 0 Å². The summed E-state index contributed by atoms with van der Waals surface area (Å²) in [6.07, 6.45) is 1.25. The Bertz CT molecular complexity index is 632. The van der Waals surface area contributed by atoms with Crippen molar-refractivity contribution in [2.24, 2.45) is 0 Å². The zero-order valence-electron chi connectivity index (χ0n) is 13.7. The van der Waals surface area contributed by atoms with Crippen molar-refractivity contribution in [3.63, 3.8) is 0 Å². The number of carbonyl (C=O) groups is 1. The second-order valence-electron chi connectivity index (χ2n) is 5.63. The molecule has 0 aliphatic carbocycles. The van der Waals surface area contributed by atoms with Crippen LogP contribution in [0.3, 0.4) is 0 Å². The summed E-state index contributed by atoms with van der Waals surface area (Å²) in [6, 6.07) is 14.8. The Kier molecular flexibility index (Phi) is 6.75. The lowest BCUT2D eigenvalue weighted by atomic mass is 9.99. The molecule has 2 atom stereocenters. The first kappa shape index (κ1) is 17.9. The number of nitrogens with one attached hydrogen (secondary N) is 2. The number of hydrogen-bond donors (Lipinski definition) is 3. The maximum Gasteiger partial charge on any atom is 0.315 e. The molecule has 3 N–H and O–H groups in total. The van der Waals surface area contributed by atoms with Crippen LogP contribution in [0.4, 0.5) is 9.18 Å². The van der Waals surface area contributed by atoms with E-state index in [2.05, 4.69) is 10.6 Å². The maximum absolute atomic E-state index is 13.2. The lowest BCUT2D eigenvalue weighted by Crippen LogP contribution is -2.43. The Hall–Kier alpha value is -2.40. The van der Waals surface area contributed by atoms with Gasteiger partial charge in [0.05, 0.1) is 6.04 Å². The second-order valence-corrected chi connectivity index (χ2v) is 5.63. The number of aliphatic hydroxyl groups is 1. The summed E-state index contributed by atoms with van der Waals surface area (Å²) in [6.45, 7) is 1.98. The van der Waals surface area contributed by atoms with E-state index < -0.39 is 0 Å². The summed E-state index contributed by atoms with van der Waals surface area (Å²) in [5.41, 5.74) is 1.71. The van der Waals surface area contributed by atoms with Gasteiger partial charge in [0, 0.05) is 12.6 Å². The normalized spacial score (nSPS) is 13.1. The largest absolute Gasteiger partial charge is 0.396 e. The molecular weight excluding hydrogens is 307 g/mol. The molecule has 4 nitrogen and oxygen atoms in total. The fourth-order valence-corrected chi connectivity index (χ4v) is 2.55. The van der Waals surface area contributed by atoms with Gasteiger partial charge < -0.3 is 15.7 Å². The van der Waals surface area contributed by atoms with Gasteiger partial charge >= 0.3 is 6.03 Å². The van der Waals surface area contributed by atoms with E-state index in [-0.39, 0.29) is 30.5 Å². The minimum Gasteiger partial charge on any atom is -0.396 e. The molecule has 0 fully saturated rings. The van der Waals surface area contributed by atoms with Crippen molar-refractivity contribution in [2.45, 2.75) is 31.8 Å². The average molecular weight is 330 g/mol. The molecule has 2 unspecified atom stereocenters. The van der Waals surface area contributed by atoms with E-state index in [0.717, 1.165) is 17.5 Å². The van der Waals surface area contributed by atoms with Crippen LogP contribution < -0.4 is 10.6 Å². The third-order valence-electron chi connectivity index (χ3n) is 3.92. The third kappa shape index (κ3) is 5.06. The molecule has 2 amide bonds. The number of halogens is 1. The topological polar surface area (TPSA) is 61.4 Å². The summed E-state index contributed by atoms with van der Waals surface area (Å²) >= 11 is 0. The SMILES string of the molecule is CCC(CCO)NC(=O)NC(c1ccccc1)c1ccc(F)cc1. The van der Waals surface area contributed by atoms with Crippen molar-refractivity contribution >= 4 is 6.03 Å². The molecule has 0 spiro atoms. The standard InChI is InChI=1S/C19H23FN2O2/c1-2-17(12-13-23)21-19(24)22-18(14-6-4-3-5-7-14)15-8-10-16(20)11-9-15/h3-11,17-18,23H,2,12-13H2,1H3,(H2,21,22,24). The van der Waals surface area contributed by atoms with Gasteiger partial charge in [0.2, 0.25) is 0 Å². The van der Waals surface area contributed by atoms with E-state index in [1.165, 1.54) is 12.1 Å². The highest BCUT2D eigenvalue weighted by atomic mass is 19.1. The van der Waals surface area contributed by atoms with Crippen molar-refractivity contribution in [3.05, 3.63) is 71.5 Å². The van der Waals surface area contributed by atoms with E-state index in [9.17, 15) is 9.18 Å². The first-order chi connectivity index (χ1) is 11.6.